The van der Waals surface area contributed by atoms with Crippen molar-refractivity contribution in [1.29, 1.82) is 0 Å². The van der Waals surface area contributed by atoms with Crippen molar-refractivity contribution in [2.45, 2.75) is 46.5 Å². The Bertz CT molecular complexity index is 1170. The first kappa shape index (κ1) is 27.7. The number of nitrogens with one attached hydrogen (secondary N) is 1. The van der Waals surface area contributed by atoms with Gasteiger partial charge in [0.2, 0.25) is 5.91 Å². The lowest BCUT2D eigenvalue weighted by Crippen LogP contribution is -2.15. The van der Waals surface area contributed by atoms with E-state index < -0.39 is 5.97 Å². The molecule has 1 heterocycles. The molecule has 0 unspecified atom stereocenters. The van der Waals surface area contributed by atoms with Gasteiger partial charge in [0.25, 0.3) is 0 Å². The third-order valence-corrected chi connectivity index (χ3v) is 6.94. The number of hydrogen-bond donors (Lipinski definition) is 1. The summed E-state index contributed by atoms with van der Waals surface area (Å²) in [5.74, 6) is 1.30. The summed E-state index contributed by atoms with van der Waals surface area (Å²) in [6, 6.07) is 13.6. The minimum absolute atomic E-state index is 0.182. The molecular weight excluding hydrogens is 542 g/mol. The molecule has 1 amide bonds. The molecule has 2 aromatic carbocycles. The Labute approximate surface area is 225 Å². The van der Waals surface area contributed by atoms with Gasteiger partial charge in [0, 0.05) is 17.4 Å². The zero-order valence-corrected chi connectivity index (χ0v) is 23.5. The first-order chi connectivity index (χ1) is 17.3. The van der Waals surface area contributed by atoms with Crippen LogP contribution >= 0.6 is 27.3 Å². The largest absolute Gasteiger partial charge is 0.494 e. The van der Waals surface area contributed by atoms with Gasteiger partial charge in [-0.1, -0.05) is 32.0 Å². The summed E-state index contributed by atoms with van der Waals surface area (Å²) in [5.41, 5.74) is 3.16. The number of carbonyl (C=O) groups is 2. The maximum absolute atomic E-state index is 12.8. The monoisotopic (exact) mass is 573 g/mol. The van der Waals surface area contributed by atoms with Crippen LogP contribution in [0.1, 0.15) is 62.4 Å². The number of amides is 1. The predicted octanol–water partition coefficient (Wildman–Crippen LogP) is 7.67. The number of benzene rings is 2. The van der Waals surface area contributed by atoms with Crippen LogP contribution in [0.4, 0.5) is 5.00 Å². The standard InChI is InChI=1S/C28H32BrNO5S/c1-5-33-21-12-9-19(10-13-21)22-17-36-27(26(22)28(32)34-6-2)30-25(31)8-7-15-35-24-14-11-20(18(3)4)16-23(24)29/h9-14,16-18H,5-8,15H2,1-4H3,(H,30,31). The fraction of sp³-hybridized carbons (Fsp3) is 0.357. The van der Waals surface area contributed by atoms with Crippen LogP contribution in [0, 0.1) is 0 Å². The highest BCUT2D eigenvalue weighted by Crippen LogP contribution is 2.37. The Morgan fingerprint density at radius 3 is 2.42 bits per heavy atom. The highest BCUT2D eigenvalue weighted by Gasteiger charge is 2.23. The molecule has 0 aliphatic rings. The second kappa shape index (κ2) is 13.5. The SMILES string of the molecule is CCOC(=O)c1c(-c2ccc(OCC)cc2)csc1NC(=O)CCCOc1ccc(C(C)C)cc1Br. The van der Waals surface area contributed by atoms with E-state index >= 15 is 0 Å². The van der Waals surface area contributed by atoms with Crippen molar-refractivity contribution in [3.63, 3.8) is 0 Å². The first-order valence-electron chi connectivity index (χ1n) is 12.1. The summed E-state index contributed by atoms with van der Waals surface area (Å²) >= 11 is 4.86. The third-order valence-electron chi connectivity index (χ3n) is 5.43. The van der Waals surface area contributed by atoms with Gasteiger partial charge < -0.3 is 19.5 Å². The van der Waals surface area contributed by atoms with Crippen LogP contribution in [0.3, 0.4) is 0 Å². The van der Waals surface area contributed by atoms with E-state index in [1.54, 1.807) is 6.92 Å². The molecule has 3 aromatic rings. The summed E-state index contributed by atoms with van der Waals surface area (Å²) in [4.78, 5) is 25.4. The molecule has 0 spiro atoms. The molecule has 0 saturated heterocycles. The van der Waals surface area contributed by atoms with E-state index in [0.29, 0.717) is 36.1 Å². The van der Waals surface area contributed by atoms with Crippen LogP contribution in [-0.4, -0.2) is 31.7 Å². The van der Waals surface area contributed by atoms with Gasteiger partial charge in [0.15, 0.2) is 0 Å². The van der Waals surface area contributed by atoms with Crippen molar-refractivity contribution in [3.8, 4) is 22.6 Å². The van der Waals surface area contributed by atoms with Crippen LogP contribution in [0.5, 0.6) is 11.5 Å². The number of esters is 1. The normalized spacial score (nSPS) is 10.8. The Morgan fingerprint density at radius 2 is 1.78 bits per heavy atom. The van der Waals surface area contributed by atoms with Crippen molar-refractivity contribution in [3.05, 3.63) is 63.4 Å². The molecule has 0 atom stereocenters. The van der Waals surface area contributed by atoms with Crippen LogP contribution in [-0.2, 0) is 9.53 Å². The number of rotatable bonds is 12. The molecule has 3 rings (SSSR count). The van der Waals surface area contributed by atoms with E-state index in [1.165, 1.54) is 16.9 Å². The third kappa shape index (κ3) is 7.34. The average Bonchev–Trinajstić information content (AvgIpc) is 3.26. The van der Waals surface area contributed by atoms with Gasteiger partial charge in [-0.05, 0) is 77.5 Å². The first-order valence-corrected chi connectivity index (χ1v) is 13.7. The summed E-state index contributed by atoms with van der Waals surface area (Å²) in [6.45, 7) is 9.19. The number of anilines is 1. The lowest BCUT2D eigenvalue weighted by atomic mass is 10.0. The summed E-state index contributed by atoms with van der Waals surface area (Å²) in [5, 5.41) is 5.23. The minimum atomic E-state index is -0.462. The fourth-order valence-electron chi connectivity index (χ4n) is 3.56. The molecule has 0 saturated carbocycles. The quantitative estimate of drug-likeness (QED) is 0.178. The summed E-state index contributed by atoms with van der Waals surface area (Å²) in [6.07, 6.45) is 0.802. The second-order valence-corrected chi connectivity index (χ2v) is 10.1. The van der Waals surface area contributed by atoms with Crippen LogP contribution in [0.15, 0.2) is 52.3 Å². The van der Waals surface area contributed by atoms with Crippen LogP contribution < -0.4 is 14.8 Å². The van der Waals surface area contributed by atoms with Crippen LogP contribution in [0.2, 0.25) is 0 Å². The zero-order chi connectivity index (χ0) is 26.1. The van der Waals surface area contributed by atoms with Gasteiger partial charge in [-0.2, -0.15) is 0 Å². The Hall–Kier alpha value is -2.84. The predicted molar refractivity (Wildman–Crippen MR) is 148 cm³/mol. The van der Waals surface area contributed by atoms with E-state index in [1.807, 2.05) is 48.7 Å². The number of ether oxygens (including phenoxy) is 3. The highest BCUT2D eigenvalue weighted by molar-refractivity contribution is 9.10. The number of thiophene rings is 1. The molecule has 0 fully saturated rings. The molecule has 8 heteroatoms. The minimum Gasteiger partial charge on any atom is -0.494 e. The smallest absolute Gasteiger partial charge is 0.341 e. The van der Waals surface area contributed by atoms with Crippen molar-refractivity contribution in [1.82, 2.24) is 0 Å². The van der Waals surface area contributed by atoms with E-state index in [0.717, 1.165) is 27.1 Å². The lowest BCUT2D eigenvalue weighted by Gasteiger charge is -2.12. The molecule has 0 radical (unpaired) electrons. The summed E-state index contributed by atoms with van der Waals surface area (Å²) in [7, 11) is 0. The van der Waals surface area contributed by atoms with Gasteiger partial charge in [0.1, 0.15) is 22.1 Å². The van der Waals surface area contributed by atoms with E-state index in [-0.39, 0.29) is 18.9 Å². The molecule has 36 heavy (non-hydrogen) atoms. The molecule has 0 aliphatic carbocycles. The summed E-state index contributed by atoms with van der Waals surface area (Å²) < 4.78 is 17.5. The molecule has 1 N–H and O–H groups in total. The Balaban J connectivity index is 1.63. The molecule has 0 aliphatic heterocycles. The fourth-order valence-corrected chi connectivity index (χ4v) is 5.05. The van der Waals surface area contributed by atoms with E-state index in [9.17, 15) is 9.59 Å². The van der Waals surface area contributed by atoms with Crippen molar-refractivity contribution in [2.75, 3.05) is 25.1 Å². The Kier molecular flexibility index (Phi) is 10.4. The molecular formula is C28H32BrNO5S. The average molecular weight is 575 g/mol. The topological polar surface area (TPSA) is 73.9 Å². The maximum Gasteiger partial charge on any atom is 0.341 e. The molecule has 6 nitrogen and oxygen atoms in total. The van der Waals surface area contributed by atoms with Gasteiger partial charge in [0.05, 0.1) is 24.3 Å². The van der Waals surface area contributed by atoms with E-state index in [4.69, 9.17) is 14.2 Å². The second-order valence-electron chi connectivity index (χ2n) is 8.38. The number of halogens is 1. The van der Waals surface area contributed by atoms with Crippen LogP contribution in [0.25, 0.3) is 11.1 Å². The van der Waals surface area contributed by atoms with Gasteiger partial charge in [-0.15, -0.1) is 11.3 Å². The number of hydrogen-bond acceptors (Lipinski definition) is 6. The van der Waals surface area contributed by atoms with Crippen molar-refractivity contribution < 1.29 is 23.8 Å². The van der Waals surface area contributed by atoms with Crippen molar-refractivity contribution in [2.24, 2.45) is 0 Å². The van der Waals surface area contributed by atoms with Gasteiger partial charge in [-0.25, -0.2) is 4.79 Å². The maximum atomic E-state index is 12.8. The molecule has 1 aromatic heterocycles. The number of carbonyl (C=O) groups excluding carboxylic acids is 2. The molecule has 0 bridgehead atoms. The van der Waals surface area contributed by atoms with E-state index in [2.05, 4.69) is 41.2 Å². The van der Waals surface area contributed by atoms with Crippen molar-refractivity contribution >= 4 is 44.1 Å². The molecule has 192 valence electrons. The van der Waals surface area contributed by atoms with Gasteiger partial charge in [-0.3, -0.25) is 4.79 Å². The highest BCUT2D eigenvalue weighted by atomic mass is 79.9. The zero-order valence-electron chi connectivity index (χ0n) is 21.1. The lowest BCUT2D eigenvalue weighted by molar-refractivity contribution is -0.116. The van der Waals surface area contributed by atoms with Gasteiger partial charge >= 0.3 is 5.97 Å². The Morgan fingerprint density at radius 1 is 1.03 bits per heavy atom.